The first-order chi connectivity index (χ1) is 17.5. The van der Waals surface area contributed by atoms with Crippen LogP contribution in [-0.4, -0.2) is 30.3 Å². The Kier molecular flexibility index (Phi) is 6.69. The van der Waals surface area contributed by atoms with Crippen molar-refractivity contribution in [2.24, 2.45) is 0 Å². The molecule has 1 aliphatic heterocycles. The molecule has 0 fully saturated rings. The molecular weight excluding hydrogens is 474 g/mol. The van der Waals surface area contributed by atoms with E-state index >= 15 is 0 Å². The second-order valence-corrected chi connectivity index (χ2v) is 9.95. The number of hydrogen-bond acceptors (Lipinski definition) is 6. The van der Waals surface area contributed by atoms with Gasteiger partial charge in [-0.05, 0) is 55.5 Å². The molecule has 1 aromatic heterocycles. The predicted octanol–water partition coefficient (Wildman–Crippen LogP) is 4.29. The number of aryl methyl sites for hydroxylation is 1. The molecule has 2 aliphatic rings. The highest BCUT2D eigenvalue weighted by Crippen LogP contribution is 2.38. The van der Waals surface area contributed by atoms with Gasteiger partial charge in [0.2, 0.25) is 17.7 Å². The Labute approximate surface area is 212 Å². The molecule has 0 saturated heterocycles. The summed E-state index contributed by atoms with van der Waals surface area (Å²) in [5.74, 6) is -1.03. The van der Waals surface area contributed by atoms with Gasteiger partial charge in [0, 0.05) is 10.6 Å². The van der Waals surface area contributed by atoms with Crippen molar-refractivity contribution in [2.75, 3.05) is 27.4 Å². The number of fused-ring (bicyclic) bond motifs is 2. The van der Waals surface area contributed by atoms with Crippen LogP contribution in [0.25, 0.3) is 0 Å². The Balaban J connectivity index is 1.37. The van der Waals surface area contributed by atoms with Crippen LogP contribution in [0.5, 0.6) is 0 Å². The highest BCUT2D eigenvalue weighted by molar-refractivity contribution is 7.16. The number of thiophene rings is 1. The molecule has 36 heavy (non-hydrogen) atoms. The van der Waals surface area contributed by atoms with Gasteiger partial charge in [-0.1, -0.05) is 30.3 Å². The summed E-state index contributed by atoms with van der Waals surface area (Å²) >= 11 is 1.46. The summed E-state index contributed by atoms with van der Waals surface area (Å²) in [5, 5.41) is 18.8. The normalized spacial score (nSPS) is 16.2. The third-order valence-electron chi connectivity index (χ3n) is 6.44. The van der Waals surface area contributed by atoms with Gasteiger partial charge < -0.3 is 20.9 Å². The third kappa shape index (κ3) is 4.81. The number of carbonyl (C=O) groups is 3. The van der Waals surface area contributed by atoms with Crippen molar-refractivity contribution in [3.05, 3.63) is 70.6 Å². The highest BCUT2D eigenvalue weighted by atomic mass is 32.1. The minimum Gasteiger partial charge on any atom is -0.348 e. The van der Waals surface area contributed by atoms with Crippen molar-refractivity contribution in [1.82, 2.24) is 0 Å². The van der Waals surface area contributed by atoms with Crippen molar-refractivity contribution in [3.8, 4) is 6.07 Å². The molecule has 5 rings (SSSR count). The van der Waals surface area contributed by atoms with Crippen molar-refractivity contribution >= 4 is 51.1 Å². The monoisotopic (exact) mass is 499 g/mol. The van der Waals surface area contributed by atoms with Crippen LogP contribution in [-0.2, 0) is 27.2 Å². The van der Waals surface area contributed by atoms with E-state index in [-0.39, 0.29) is 30.7 Å². The molecule has 0 bridgehead atoms. The smallest absolute Gasteiger partial charge is 0.247 e. The maximum absolute atomic E-state index is 13.2. The van der Waals surface area contributed by atoms with Gasteiger partial charge in [-0.15, -0.1) is 11.3 Å². The second kappa shape index (κ2) is 10.2. The van der Waals surface area contributed by atoms with Crippen LogP contribution >= 0.6 is 11.3 Å². The first-order valence-corrected chi connectivity index (χ1v) is 12.7. The average molecular weight is 500 g/mol. The molecule has 2 heterocycles. The lowest BCUT2D eigenvalue weighted by Gasteiger charge is -2.37. The predicted molar refractivity (Wildman–Crippen MR) is 140 cm³/mol. The van der Waals surface area contributed by atoms with Crippen LogP contribution in [0.15, 0.2) is 54.6 Å². The number of rotatable bonds is 6. The Morgan fingerprint density at radius 1 is 1.03 bits per heavy atom. The van der Waals surface area contributed by atoms with Crippen molar-refractivity contribution < 1.29 is 14.4 Å². The number of benzene rings is 2. The summed E-state index contributed by atoms with van der Waals surface area (Å²) in [6.45, 7) is -0.138. The van der Waals surface area contributed by atoms with Gasteiger partial charge in [0.25, 0.3) is 0 Å². The molecule has 182 valence electrons. The Morgan fingerprint density at radius 2 is 1.78 bits per heavy atom. The second-order valence-electron chi connectivity index (χ2n) is 8.84. The van der Waals surface area contributed by atoms with Gasteiger partial charge in [-0.2, -0.15) is 5.26 Å². The zero-order valence-corrected chi connectivity index (χ0v) is 20.4. The lowest BCUT2D eigenvalue weighted by molar-refractivity contribution is -0.123. The standard InChI is InChI=1S/C27H25N5O3S/c28-15-19-18-10-4-7-13-23(18)36-27(19)31-25(34)16-32-21-12-6-5-11-20(21)30-26(35)22(32)14-24(33)29-17-8-2-1-3-9-17/h1-3,5-6,8-9,11-12,22H,4,7,10,13-14,16H2,(H,29,33)(H,30,35)(H,31,34)/t22-/m0/s1. The number of para-hydroxylation sites is 3. The Morgan fingerprint density at radius 3 is 2.58 bits per heavy atom. The molecule has 8 nitrogen and oxygen atoms in total. The van der Waals surface area contributed by atoms with E-state index in [1.165, 1.54) is 11.3 Å². The largest absolute Gasteiger partial charge is 0.348 e. The van der Waals surface area contributed by atoms with Crippen LogP contribution in [0.3, 0.4) is 0 Å². The molecule has 1 aliphatic carbocycles. The molecule has 3 aromatic rings. The van der Waals surface area contributed by atoms with E-state index in [1.807, 2.05) is 30.3 Å². The minimum absolute atomic E-state index is 0.126. The zero-order valence-electron chi connectivity index (χ0n) is 19.5. The van der Waals surface area contributed by atoms with E-state index in [2.05, 4.69) is 22.0 Å². The minimum atomic E-state index is -0.874. The summed E-state index contributed by atoms with van der Waals surface area (Å²) in [6, 6.07) is 17.6. The molecule has 3 N–H and O–H groups in total. The first-order valence-electron chi connectivity index (χ1n) is 11.9. The number of anilines is 4. The van der Waals surface area contributed by atoms with Crippen molar-refractivity contribution in [2.45, 2.75) is 38.1 Å². The van der Waals surface area contributed by atoms with Gasteiger partial charge in [0.1, 0.15) is 17.1 Å². The lowest BCUT2D eigenvalue weighted by atomic mass is 9.96. The number of nitrogens with one attached hydrogen (secondary N) is 3. The van der Waals surface area contributed by atoms with Crippen LogP contribution in [0.2, 0.25) is 0 Å². The molecule has 0 spiro atoms. The van der Waals surface area contributed by atoms with Gasteiger partial charge in [0.15, 0.2) is 0 Å². The van der Waals surface area contributed by atoms with Gasteiger partial charge in [-0.3, -0.25) is 14.4 Å². The number of nitrogens with zero attached hydrogens (tertiary/aromatic N) is 2. The van der Waals surface area contributed by atoms with Crippen LogP contribution in [0, 0.1) is 11.3 Å². The highest BCUT2D eigenvalue weighted by Gasteiger charge is 2.36. The fraction of sp³-hybridized carbons (Fsp3) is 0.259. The number of nitriles is 1. The molecule has 0 unspecified atom stereocenters. The van der Waals surface area contributed by atoms with E-state index < -0.39 is 6.04 Å². The Bertz CT molecular complexity index is 1360. The number of hydrogen-bond donors (Lipinski definition) is 3. The van der Waals surface area contributed by atoms with Crippen molar-refractivity contribution in [3.63, 3.8) is 0 Å². The lowest BCUT2D eigenvalue weighted by Crippen LogP contribution is -2.52. The van der Waals surface area contributed by atoms with Crippen LogP contribution in [0.4, 0.5) is 22.1 Å². The van der Waals surface area contributed by atoms with E-state index in [1.54, 1.807) is 29.2 Å². The van der Waals surface area contributed by atoms with Crippen molar-refractivity contribution in [1.29, 1.82) is 5.26 Å². The van der Waals surface area contributed by atoms with Gasteiger partial charge in [0.05, 0.1) is 29.9 Å². The summed E-state index contributed by atoms with van der Waals surface area (Å²) in [5.41, 5.74) is 3.46. The van der Waals surface area contributed by atoms with E-state index in [0.717, 1.165) is 36.1 Å². The zero-order chi connectivity index (χ0) is 25.1. The molecule has 3 amide bonds. The molecule has 0 saturated carbocycles. The first kappa shape index (κ1) is 23.6. The van der Waals surface area contributed by atoms with Crippen LogP contribution in [0.1, 0.15) is 35.3 Å². The molecular formula is C27H25N5O3S. The molecule has 0 radical (unpaired) electrons. The summed E-state index contributed by atoms with van der Waals surface area (Å²) in [6.07, 6.45) is 3.77. The summed E-state index contributed by atoms with van der Waals surface area (Å²) in [4.78, 5) is 41.9. The molecule has 2 aromatic carbocycles. The van der Waals surface area contributed by atoms with Gasteiger partial charge in [-0.25, -0.2) is 0 Å². The van der Waals surface area contributed by atoms with E-state index in [4.69, 9.17) is 0 Å². The maximum Gasteiger partial charge on any atom is 0.247 e. The summed E-state index contributed by atoms with van der Waals surface area (Å²) < 4.78 is 0. The van der Waals surface area contributed by atoms with E-state index in [0.29, 0.717) is 27.6 Å². The molecule has 1 atom stereocenters. The third-order valence-corrected chi connectivity index (χ3v) is 7.64. The fourth-order valence-electron chi connectivity index (χ4n) is 4.76. The van der Waals surface area contributed by atoms with Gasteiger partial charge >= 0.3 is 0 Å². The SMILES string of the molecule is N#Cc1c(NC(=O)CN2c3ccccc3NC(=O)[C@@H]2CC(=O)Nc2ccccc2)sc2c1CCCC2. The quantitative estimate of drug-likeness (QED) is 0.468. The fourth-order valence-corrected chi connectivity index (χ4v) is 6.01. The molecule has 9 heteroatoms. The average Bonchev–Trinajstić information content (AvgIpc) is 3.23. The van der Waals surface area contributed by atoms with E-state index in [9.17, 15) is 19.6 Å². The number of amides is 3. The maximum atomic E-state index is 13.2. The summed E-state index contributed by atoms with van der Waals surface area (Å²) in [7, 11) is 0. The number of carbonyl (C=O) groups excluding carboxylic acids is 3. The van der Waals surface area contributed by atoms with Crippen LogP contribution < -0.4 is 20.9 Å². The topological polar surface area (TPSA) is 114 Å². The Hall–Kier alpha value is -4.16.